The molecule has 0 saturated heterocycles. The lowest BCUT2D eigenvalue weighted by Gasteiger charge is -2.19. The average molecular weight is 367 g/mol. The van der Waals surface area contributed by atoms with Crippen LogP contribution in [0.5, 0.6) is 5.75 Å². The number of ether oxygens (including phenoxy) is 1. The van der Waals surface area contributed by atoms with Gasteiger partial charge in [0.15, 0.2) is 6.61 Å². The second-order valence-electron chi connectivity index (χ2n) is 5.00. The molecule has 0 unspecified atom stereocenters. The summed E-state index contributed by atoms with van der Waals surface area (Å²) in [4.78, 5) is 13.4. The summed E-state index contributed by atoms with van der Waals surface area (Å²) in [7, 11) is 1.52. The minimum atomic E-state index is -0.474. The first kappa shape index (κ1) is 18.1. The highest BCUT2D eigenvalue weighted by Crippen LogP contribution is 2.25. The normalized spacial score (nSPS) is 10.1. The lowest BCUT2D eigenvalue weighted by molar-refractivity contribution is -0.132. The van der Waals surface area contributed by atoms with Crippen LogP contribution in [0.2, 0.25) is 10.0 Å². The van der Waals surface area contributed by atoms with Crippen LogP contribution in [0.4, 0.5) is 4.39 Å². The number of carbonyl (C=O) groups excluding carboxylic acids is 1. The van der Waals surface area contributed by atoms with Gasteiger partial charge < -0.3 is 9.64 Å². The maximum atomic E-state index is 13.8. The Hall–Kier alpha value is -2.29. The minimum absolute atomic E-state index is 0.0226. The molecule has 0 fully saturated rings. The third-order valence-electron chi connectivity index (χ3n) is 3.29. The lowest BCUT2D eigenvalue weighted by Crippen LogP contribution is -2.31. The van der Waals surface area contributed by atoms with Gasteiger partial charge in [-0.25, -0.2) is 4.39 Å². The predicted molar refractivity (Wildman–Crippen MR) is 89.5 cm³/mol. The van der Waals surface area contributed by atoms with E-state index in [0.29, 0.717) is 11.3 Å². The quantitative estimate of drug-likeness (QED) is 0.802. The van der Waals surface area contributed by atoms with Gasteiger partial charge in [-0.3, -0.25) is 4.79 Å². The SMILES string of the molecule is CN(Cc1c(F)cccc1Cl)C(=O)COc1ccc(C#N)cc1Cl. The molecule has 0 bridgehead atoms. The summed E-state index contributed by atoms with van der Waals surface area (Å²) in [6, 6.07) is 10.8. The molecule has 0 aliphatic carbocycles. The smallest absolute Gasteiger partial charge is 0.260 e. The fourth-order valence-electron chi connectivity index (χ4n) is 1.95. The first-order valence-corrected chi connectivity index (χ1v) is 7.67. The summed E-state index contributed by atoms with van der Waals surface area (Å²) in [6.45, 7) is -0.247. The van der Waals surface area contributed by atoms with Crippen LogP contribution in [0.15, 0.2) is 36.4 Å². The van der Waals surface area contributed by atoms with Crippen LogP contribution in [-0.4, -0.2) is 24.5 Å². The number of rotatable bonds is 5. The van der Waals surface area contributed by atoms with Gasteiger partial charge in [0.25, 0.3) is 5.91 Å². The first-order valence-electron chi connectivity index (χ1n) is 6.91. The van der Waals surface area contributed by atoms with Gasteiger partial charge >= 0.3 is 0 Å². The molecule has 124 valence electrons. The molecule has 4 nitrogen and oxygen atoms in total. The van der Waals surface area contributed by atoms with Crippen molar-refractivity contribution in [3.8, 4) is 11.8 Å². The van der Waals surface area contributed by atoms with E-state index in [9.17, 15) is 9.18 Å². The minimum Gasteiger partial charge on any atom is -0.482 e. The third kappa shape index (κ3) is 4.38. The first-order chi connectivity index (χ1) is 11.4. The standard InChI is InChI=1S/C17H13Cl2FN2O2/c1-22(9-12-13(18)3-2-4-15(12)20)17(23)10-24-16-6-5-11(8-21)7-14(16)19/h2-7H,9-10H2,1H3. The van der Waals surface area contributed by atoms with Gasteiger partial charge in [-0.05, 0) is 30.3 Å². The van der Waals surface area contributed by atoms with Crippen molar-refractivity contribution in [3.05, 3.63) is 63.4 Å². The van der Waals surface area contributed by atoms with Gasteiger partial charge in [-0.2, -0.15) is 5.26 Å². The maximum absolute atomic E-state index is 13.8. The summed E-state index contributed by atoms with van der Waals surface area (Å²) in [5, 5.41) is 9.27. The number of halogens is 3. The zero-order chi connectivity index (χ0) is 17.7. The van der Waals surface area contributed by atoms with Crippen molar-refractivity contribution >= 4 is 29.1 Å². The summed E-state index contributed by atoms with van der Waals surface area (Å²) < 4.78 is 19.1. The topological polar surface area (TPSA) is 53.3 Å². The van der Waals surface area contributed by atoms with Crippen LogP contribution in [0.3, 0.4) is 0 Å². The number of nitriles is 1. The van der Waals surface area contributed by atoms with E-state index in [0.717, 1.165) is 0 Å². The molecule has 1 amide bonds. The van der Waals surface area contributed by atoms with Gasteiger partial charge in [-0.1, -0.05) is 29.3 Å². The van der Waals surface area contributed by atoms with E-state index in [1.807, 2.05) is 6.07 Å². The monoisotopic (exact) mass is 366 g/mol. The van der Waals surface area contributed by atoms with Crippen LogP contribution in [0.25, 0.3) is 0 Å². The van der Waals surface area contributed by atoms with E-state index in [-0.39, 0.29) is 34.7 Å². The maximum Gasteiger partial charge on any atom is 0.260 e. The molecular formula is C17H13Cl2FN2O2. The number of likely N-dealkylation sites (N-methyl/N-ethyl adjacent to an activating group) is 1. The summed E-state index contributed by atoms with van der Waals surface area (Å²) in [5.74, 6) is -0.547. The second-order valence-corrected chi connectivity index (χ2v) is 5.81. The molecule has 2 aromatic rings. The second kappa shape index (κ2) is 8.00. The molecule has 0 N–H and O–H groups in total. The van der Waals surface area contributed by atoms with Gasteiger partial charge in [0.2, 0.25) is 0 Å². The van der Waals surface area contributed by atoms with Gasteiger partial charge in [0.05, 0.1) is 16.7 Å². The van der Waals surface area contributed by atoms with Crippen LogP contribution in [0.1, 0.15) is 11.1 Å². The molecule has 0 aliphatic rings. The molecule has 0 spiro atoms. The molecule has 2 rings (SSSR count). The Morgan fingerprint density at radius 2 is 2.04 bits per heavy atom. The third-order valence-corrected chi connectivity index (χ3v) is 3.94. The Labute approximate surface area is 149 Å². The average Bonchev–Trinajstić information content (AvgIpc) is 2.56. The Morgan fingerprint density at radius 3 is 2.67 bits per heavy atom. The van der Waals surface area contributed by atoms with Crippen molar-refractivity contribution < 1.29 is 13.9 Å². The largest absolute Gasteiger partial charge is 0.482 e. The van der Waals surface area contributed by atoms with Crippen LogP contribution >= 0.6 is 23.2 Å². The summed E-state index contributed by atoms with van der Waals surface area (Å²) in [5.41, 5.74) is 0.636. The summed E-state index contributed by atoms with van der Waals surface area (Å²) in [6.07, 6.45) is 0. The number of amides is 1. The summed E-state index contributed by atoms with van der Waals surface area (Å²) >= 11 is 11.9. The molecule has 7 heteroatoms. The van der Waals surface area contributed by atoms with E-state index in [4.69, 9.17) is 33.2 Å². The molecule has 24 heavy (non-hydrogen) atoms. The highest BCUT2D eigenvalue weighted by atomic mass is 35.5. The number of nitrogens with zero attached hydrogens (tertiary/aromatic N) is 2. The van der Waals surface area contributed by atoms with Crippen LogP contribution < -0.4 is 4.74 Å². The Balaban J connectivity index is 1.99. The molecule has 0 aliphatic heterocycles. The molecule has 0 saturated carbocycles. The number of carbonyl (C=O) groups is 1. The fraction of sp³-hybridized carbons (Fsp3) is 0.176. The molecule has 0 aromatic heterocycles. The van der Waals surface area contributed by atoms with Crippen LogP contribution in [0, 0.1) is 17.1 Å². The number of hydrogen-bond donors (Lipinski definition) is 0. The van der Waals surface area contributed by atoms with Gasteiger partial charge in [-0.15, -0.1) is 0 Å². The van der Waals surface area contributed by atoms with Crippen LogP contribution in [-0.2, 0) is 11.3 Å². The number of hydrogen-bond acceptors (Lipinski definition) is 3. The lowest BCUT2D eigenvalue weighted by atomic mass is 10.2. The van der Waals surface area contributed by atoms with Crippen molar-refractivity contribution in [1.29, 1.82) is 5.26 Å². The van der Waals surface area contributed by atoms with E-state index < -0.39 is 5.82 Å². The van der Waals surface area contributed by atoms with E-state index in [1.165, 1.54) is 42.3 Å². The number of benzene rings is 2. The van der Waals surface area contributed by atoms with E-state index in [1.54, 1.807) is 6.07 Å². The van der Waals surface area contributed by atoms with Crippen molar-refractivity contribution in [3.63, 3.8) is 0 Å². The zero-order valence-electron chi connectivity index (χ0n) is 12.7. The highest BCUT2D eigenvalue weighted by molar-refractivity contribution is 6.32. The van der Waals surface area contributed by atoms with E-state index in [2.05, 4.69) is 0 Å². The predicted octanol–water partition coefficient (Wildman–Crippen LogP) is 4.04. The van der Waals surface area contributed by atoms with Crippen molar-refractivity contribution in [2.45, 2.75) is 6.54 Å². The van der Waals surface area contributed by atoms with Gasteiger partial charge in [0.1, 0.15) is 11.6 Å². The van der Waals surface area contributed by atoms with Crippen molar-refractivity contribution in [2.24, 2.45) is 0 Å². The highest BCUT2D eigenvalue weighted by Gasteiger charge is 2.15. The Morgan fingerprint density at radius 1 is 1.29 bits per heavy atom. The van der Waals surface area contributed by atoms with Crippen molar-refractivity contribution in [2.75, 3.05) is 13.7 Å². The molecule has 0 atom stereocenters. The molecule has 0 radical (unpaired) electrons. The van der Waals surface area contributed by atoms with Gasteiger partial charge in [0, 0.05) is 24.2 Å². The fourth-order valence-corrected chi connectivity index (χ4v) is 2.40. The van der Waals surface area contributed by atoms with E-state index >= 15 is 0 Å². The molecule has 2 aromatic carbocycles. The molecule has 0 heterocycles. The Kier molecular flexibility index (Phi) is 6.02. The molecular weight excluding hydrogens is 354 g/mol. The zero-order valence-corrected chi connectivity index (χ0v) is 14.2. The Bertz CT molecular complexity index is 785. The van der Waals surface area contributed by atoms with Crippen molar-refractivity contribution in [1.82, 2.24) is 4.90 Å².